The van der Waals surface area contributed by atoms with Crippen LogP contribution in [0.2, 0.25) is 0 Å². The molecular weight excluding hydrogens is 363 g/mol. The number of hydrogen-bond acceptors (Lipinski definition) is 5. The number of benzene rings is 1. The number of halogens is 1. The van der Waals surface area contributed by atoms with E-state index in [-0.39, 0.29) is 11.7 Å². The van der Waals surface area contributed by atoms with Gasteiger partial charge in [0.05, 0.1) is 10.3 Å². The quantitative estimate of drug-likeness (QED) is 0.725. The Balaban J connectivity index is 1.62. The maximum atomic E-state index is 13.4. The van der Waals surface area contributed by atoms with Gasteiger partial charge in [-0.25, -0.2) is 14.4 Å². The van der Waals surface area contributed by atoms with E-state index in [9.17, 15) is 9.18 Å². The number of rotatable bonds is 4. The third-order valence-corrected chi connectivity index (χ3v) is 6.10. The van der Waals surface area contributed by atoms with Crippen LogP contribution >= 0.6 is 11.3 Å². The Kier molecular flexibility index (Phi) is 5.03. The normalized spacial score (nSPS) is 14.5. The van der Waals surface area contributed by atoms with Gasteiger partial charge in [0.1, 0.15) is 22.8 Å². The predicted molar refractivity (Wildman–Crippen MR) is 106 cm³/mol. The lowest BCUT2D eigenvalue weighted by Crippen LogP contribution is -2.35. The highest BCUT2D eigenvalue weighted by Crippen LogP contribution is 2.34. The summed E-state index contributed by atoms with van der Waals surface area (Å²) in [6, 6.07) is 6.47. The molecule has 1 amide bonds. The molecule has 3 aromatic rings. The lowest BCUT2D eigenvalue weighted by atomic mass is 10.1. The fraction of sp³-hybridized carbons (Fsp3) is 0.350. The number of nitrogens with zero attached hydrogens (tertiary/aromatic N) is 3. The maximum Gasteiger partial charge on any atom is 0.264 e. The number of aryl methyl sites for hydroxylation is 1. The molecule has 3 heterocycles. The molecule has 1 N–H and O–H groups in total. The van der Waals surface area contributed by atoms with Gasteiger partial charge in [-0.05, 0) is 49.4 Å². The van der Waals surface area contributed by atoms with E-state index in [0.29, 0.717) is 12.4 Å². The molecule has 0 spiro atoms. The van der Waals surface area contributed by atoms with Crippen molar-refractivity contribution in [3.63, 3.8) is 0 Å². The SMILES string of the molecule is Cc1c(C(=O)N2CCCCC2)sc2ncnc(NCc3cccc(F)c3)c12. The first-order valence-corrected chi connectivity index (χ1v) is 9.97. The van der Waals surface area contributed by atoms with Crippen molar-refractivity contribution in [1.29, 1.82) is 0 Å². The number of nitrogens with one attached hydrogen (secondary N) is 1. The lowest BCUT2D eigenvalue weighted by Gasteiger charge is -2.26. The molecule has 1 aliphatic heterocycles. The number of carbonyl (C=O) groups excluding carboxylic acids is 1. The summed E-state index contributed by atoms with van der Waals surface area (Å²) in [6.07, 6.45) is 4.82. The Morgan fingerprint density at radius 1 is 1.26 bits per heavy atom. The van der Waals surface area contributed by atoms with Crippen LogP contribution in [0.3, 0.4) is 0 Å². The number of fused-ring (bicyclic) bond motifs is 1. The van der Waals surface area contributed by atoms with Crippen molar-refractivity contribution >= 4 is 33.3 Å². The molecule has 0 unspecified atom stereocenters. The van der Waals surface area contributed by atoms with Gasteiger partial charge in [-0.1, -0.05) is 12.1 Å². The molecule has 1 saturated heterocycles. The average molecular weight is 384 g/mol. The van der Waals surface area contributed by atoms with Gasteiger partial charge in [-0.15, -0.1) is 11.3 Å². The van der Waals surface area contributed by atoms with Gasteiger partial charge >= 0.3 is 0 Å². The zero-order valence-electron chi connectivity index (χ0n) is 15.2. The molecule has 0 radical (unpaired) electrons. The highest BCUT2D eigenvalue weighted by molar-refractivity contribution is 7.20. The van der Waals surface area contributed by atoms with Crippen molar-refractivity contribution < 1.29 is 9.18 Å². The molecule has 2 aromatic heterocycles. The largest absolute Gasteiger partial charge is 0.365 e. The third kappa shape index (κ3) is 3.64. The van der Waals surface area contributed by atoms with E-state index in [1.165, 1.54) is 36.2 Å². The Hall–Kier alpha value is -2.54. The smallest absolute Gasteiger partial charge is 0.264 e. The van der Waals surface area contributed by atoms with Crippen molar-refractivity contribution in [2.45, 2.75) is 32.7 Å². The van der Waals surface area contributed by atoms with Crippen LogP contribution in [-0.4, -0.2) is 33.9 Å². The van der Waals surface area contributed by atoms with Crippen LogP contribution in [0.15, 0.2) is 30.6 Å². The summed E-state index contributed by atoms with van der Waals surface area (Å²) in [4.78, 5) is 25.1. The van der Waals surface area contributed by atoms with Gasteiger partial charge in [0.15, 0.2) is 0 Å². The van der Waals surface area contributed by atoms with Crippen molar-refractivity contribution in [3.8, 4) is 0 Å². The van der Waals surface area contributed by atoms with E-state index in [1.54, 1.807) is 6.07 Å². The van der Waals surface area contributed by atoms with Crippen LogP contribution < -0.4 is 5.32 Å². The number of thiophene rings is 1. The molecule has 1 aliphatic rings. The maximum absolute atomic E-state index is 13.4. The number of aromatic nitrogens is 2. The van der Waals surface area contributed by atoms with Crippen molar-refractivity contribution in [2.75, 3.05) is 18.4 Å². The summed E-state index contributed by atoms with van der Waals surface area (Å²) in [6.45, 7) is 4.05. The number of carbonyl (C=O) groups is 1. The van der Waals surface area contributed by atoms with E-state index < -0.39 is 0 Å². The van der Waals surface area contributed by atoms with Gasteiger partial charge in [0.25, 0.3) is 5.91 Å². The van der Waals surface area contributed by atoms with Crippen LogP contribution in [0, 0.1) is 12.7 Å². The highest BCUT2D eigenvalue weighted by atomic mass is 32.1. The van der Waals surface area contributed by atoms with Crippen LogP contribution in [-0.2, 0) is 6.54 Å². The molecule has 5 nitrogen and oxygen atoms in total. The molecule has 27 heavy (non-hydrogen) atoms. The minimum atomic E-state index is -0.261. The van der Waals surface area contributed by atoms with Crippen LogP contribution in [0.5, 0.6) is 0 Å². The van der Waals surface area contributed by atoms with Crippen LogP contribution in [0.4, 0.5) is 10.2 Å². The van der Waals surface area contributed by atoms with E-state index >= 15 is 0 Å². The summed E-state index contributed by atoms with van der Waals surface area (Å²) in [5.41, 5.74) is 1.74. The lowest BCUT2D eigenvalue weighted by molar-refractivity contribution is 0.0728. The zero-order valence-corrected chi connectivity index (χ0v) is 16.0. The molecule has 140 valence electrons. The van der Waals surface area contributed by atoms with Gasteiger partial charge in [0, 0.05) is 19.6 Å². The van der Waals surface area contributed by atoms with Crippen LogP contribution in [0.25, 0.3) is 10.2 Å². The Morgan fingerprint density at radius 3 is 2.85 bits per heavy atom. The fourth-order valence-electron chi connectivity index (χ4n) is 3.48. The topological polar surface area (TPSA) is 58.1 Å². The van der Waals surface area contributed by atoms with E-state index in [0.717, 1.165) is 52.2 Å². The number of anilines is 1. The molecule has 0 bridgehead atoms. The van der Waals surface area contributed by atoms with E-state index in [1.807, 2.05) is 17.9 Å². The van der Waals surface area contributed by atoms with Gasteiger partial charge < -0.3 is 10.2 Å². The molecule has 0 aliphatic carbocycles. The first-order chi connectivity index (χ1) is 13.1. The molecule has 1 fully saturated rings. The summed E-state index contributed by atoms with van der Waals surface area (Å²) < 4.78 is 13.4. The number of amides is 1. The predicted octanol–water partition coefficient (Wildman–Crippen LogP) is 4.38. The average Bonchev–Trinajstić information content (AvgIpc) is 3.04. The second-order valence-electron chi connectivity index (χ2n) is 6.79. The van der Waals surface area contributed by atoms with Crippen LogP contribution in [0.1, 0.15) is 40.1 Å². The Morgan fingerprint density at radius 2 is 2.07 bits per heavy atom. The van der Waals surface area contributed by atoms with Gasteiger partial charge in [-0.2, -0.15) is 0 Å². The second kappa shape index (κ2) is 7.60. The molecule has 4 rings (SSSR count). The first-order valence-electron chi connectivity index (χ1n) is 9.15. The molecule has 7 heteroatoms. The minimum absolute atomic E-state index is 0.0891. The van der Waals surface area contributed by atoms with Gasteiger partial charge in [-0.3, -0.25) is 4.79 Å². The highest BCUT2D eigenvalue weighted by Gasteiger charge is 2.24. The summed E-state index contributed by atoms with van der Waals surface area (Å²) in [5, 5.41) is 4.14. The fourth-order valence-corrected chi connectivity index (χ4v) is 4.60. The molecule has 0 atom stereocenters. The van der Waals surface area contributed by atoms with Gasteiger partial charge in [0.2, 0.25) is 0 Å². The summed E-state index contributed by atoms with van der Waals surface area (Å²) >= 11 is 1.42. The molecule has 0 saturated carbocycles. The summed E-state index contributed by atoms with van der Waals surface area (Å²) in [5.74, 6) is 0.505. The first kappa shape index (κ1) is 17.9. The number of likely N-dealkylation sites (tertiary alicyclic amines) is 1. The summed E-state index contributed by atoms with van der Waals surface area (Å²) in [7, 11) is 0. The minimum Gasteiger partial charge on any atom is -0.365 e. The third-order valence-electron chi connectivity index (χ3n) is 4.91. The van der Waals surface area contributed by atoms with Crippen molar-refractivity contribution in [3.05, 3.63) is 52.4 Å². The number of piperidine rings is 1. The molecular formula is C20H21FN4OS. The molecule has 1 aromatic carbocycles. The Labute approximate surface area is 161 Å². The Bertz CT molecular complexity index is 981. The van der Waals surface area contributed by atoms with E-state index in [2.05, 4.69) is 15.3 Å². The van der Waals surface area contributed by atoms with Crippen molar-refractivity contribution in [2.24, 2.45) is 0 Å². The monoisotopic (exact) mass is 384 g/mol. The number of hydrogen-bond donors (Lipinski definition) is 1. The zero-order chi connectivity index (χ0) is 18.8. The standard InChI is InChI=1S/C20H21FN4OS/c1-13-16-18(22-11-14-6-5-7-15(21)10-14)23-12-24-19(16)27-17(13)20(26)25-8-3-2-4-9-25/h5-7,10,12H,2-4,8-9,11H2,1H3,(H,22,23,24). The van der Waals surface area contributed by atoms with E-state index in [4.69, 9.17) is 0 Å². The van der Waals surface area contributed by atoms with Crippen molar-refractivity contribution in [1.82, 2.24) is 14.9 Å². The second-order valence-corrected chi connectivity index (χ2v) is 7.79.